The fraction of sp³-hybridized carbons (Fsp3) is 0.727. The van der Waals surface area contributed by atoms with Crippen molar-refractivity contribution in [3.8, 4) is 0 Å². The van der Waals surface area contributed by atoms with Crippen LogP contribution in [0.5, 0.6) is 0 Å². The van der Waals surface area contributed by atoms with E-state index in [-0.39, 0.29) is 66.3 Å². The minimum atomic E-state index is -2.10. The summed E-state index contributed by atoms with van der Waals surface area (Å²) >= 11 is -0.00748. The Balaban J connectivity index is 2.46. The third kappa shape index (κ3) is 9.75. The zero-order valence-electron chi connectivity index (χ0n) is 27.3. The van der Waals surface area contributed by atoms with Crippen LogP contribution in [0, 0.1) is 11.8 Å². The number of rotatable bonds is 14. The number of hydrogen-bond acceptors (Lipinski definition) is 4. The van der Waals surface area contributed by atoms with E-state index in [9.17, 15) is 9.90 Å². The fourth-order valence-electron chi connectivity index (χ4n) is 4.79. The zero-order chi connectivity index (χ0) is 30.4. The molecule has 1 aliphatic carbocycles. The number of carbonyl (C=O) groups is 1. The van der Waals surface area contributed by atoms with Crippen LogP contribution in [0.3, 0.4) is 0 Å². The summed E-state index contributed by atoms with van der Waals surface area (Å²) in [7, 11) is -4.08. The SMILES string of the molecule is CCCCC[C@@H](C=CC1C(O[Si](C)(C)C(C)(C)C)CC(=O)C1C(CO)[Se]c1ccccc1)O[Si](C)(C)C(C)(C)C. The number of benzene rings is 1. The molecule has 40 heavy (non-hydrogen) atoms. The quantitative estimate of drug-likeness (QED) is 0.126. The van der Waals surface area contributed by atoms with E-state index < -0.39 is 16.6 Å². The van der Waals surface area contributed by atoms with Crippen molar-refractivity contribution in [1.29, 1.82) is 0 Å². The van der Waals surface area contributed by atoms with Gasteiger partial charge in [-0.25, -0.2) is 0 Å². The van der Waals surface area contributed by atoms with Crippen molar-refractivity contribution in [2.24, 2.45) is 11.8 Å². The molecule has 0 bridgehead atoms. The molecule has 0 aromatic heterocycles. The molecule has 0 aliphatic heterocycles. The molecule has 1 N–H and O–H groups in total. The van der Waals surface area contributed by atoms with Gasteiger partial charge in [0.2, 0.25) is 0 Å². The summed E-state index contributed by atoms with van der Waals surface area (Å²) in [5, 5.41) is 10.8. The van der Waals surface area contributed by atoms with E-state index in [2.05, 4.69) is 98.9 Å². The molecule has 0 saturated heterocycles. The molecule has 4 unspecified atom stereocenters. The molecular formula is C33H58O4SeSi2. The van der Waals surface area contributed by atoms with Gasteiger partial charge in [0, 0.05) is 0 Å². The molecular weight excluding hydrogens is 595 g/mol. The summed E-state index contributed by atoms with van der Waals surface area (Å²) in [4.78, 5) is 13.6. The van der Waals surface area contributed by atoms with Gasteiger partial charge in [-0.1, -0.05) is 0 Å². The van der Waals surface area contributed by atoms with Gasteiger partial charge in [0.25, 0.3) is 0 Å². The van der Waals surface area contributed by atoms with E-state index in [4.69, 9.17) is 8.85 Å². The second-order valence-corrected chi connectivity index (χ2v) is 26.9. The van der Waals surface area contributed by atoms with Gasteiger partial charge in [-0.2, -0.15) is 0 Å². The Labute approximate surface area is 254 Å². The molecule has 1 saturated carbocycles. The summed E-state index contributed by atoms with van der Waals surface area (Å²) in [6.07, 6.45) is 9.33. The average molecular weight is 654 g/mol. The summed E-state index contributed by atoms with van der Waals surface area (Å²) in [5.41, 5.74) is 0. The number of Topliss-reactive ketones (excluding diaryl/α,β-unsaturated/α-hetero) is 1. The predicted molar refractivity (Wildman–Crippen MR) is 177 cm³/mol. The fourth-order valence-corrected chi connectivity index (χ4v) is 10.00. The number of unbranched alkanes of at least 4 members (excludes halogenated alkanes) is 2. The van der Waals surface area contributed by atoms with Crippen molar-refractivity contribution >= 4 is 41.8 Å². The number of aliphatic hydroxyl groups excluding tert-OH is 1. The molecule has 2 rings (SSSR count). The molecule has 0 spiro atoms. The first-order valence-corrected chi connectivity index (χ1v) is 23.0. The third-order valence-electron chi connectivity index (χ3n) is 9.37. The maximum atomic E-state index is 13.7. The van der Waals surface area contributed by atoms with E-state index >= 15 is 0 Å². The standard InChI is InChI=1S/C33H58O4SeSi2/c1-12-13-15-18-25(36-39(8,9)32(2,3)4)21-22-27-29(37-40(10,11)33(5,6)7)23-28(35)31(27)30(24-34)38-26-19-16-14-17-20-26/h14,16-17,19-22,25,27,29-31,34H,12-13,15,18,23-24H2,1-11H3/t25-,27?,29?,30?,31?/m0/s1. The molecule has 4 nitrogen and oxygen atoms in total. The van der Waals surface area contributed by atoms with Gasteiger partial charge < -0.3 is 0 Å². The number of ketones is 1. The van der Waals surface area contributed by atoms with Crippen LogP contribution in [0.15, 0.2) is 42.5 Å². The van der Waals surface area contributed by atoms with Crippen molar-refractivity contribution in [2.45, 2.75) is 134 Å². The van der Waals surface area contributed by atoms with E-state index in [1.165, 1.54) is 17.3 Å². The first-order chi connectivity index (χ1) is 18.4. The van der Waals surface area contributed by atoms with Gasteiger partial charge in [0.05, 0.1) is 0 Å². The van der Waals surface area contributed by atoms with Gasteiger partial charge in [0.1, 0.15) is 0 Å². The van der Waals surface area contributed by atoms with Crippen molar-refractivity contribution in [3.05, 3.63) is 42.5 Å². The zero-order valence-corrected chi connectivity index (χ0v) is 31.0. The van der Waals surface area contributed by atoms with Crippen molar-refractivity contribution in [3.63, 3.8) is 0 Å². The van der Waals surface area contributed by atoms with E-state index in [0.29, 0.717) is 6.42 Å². The average Bonchev–Trinajstić information content (AvgIpc) is 3.13. The molecule has 228 valence electrons. The first-order valence-electron chi connectivity index (χ1n) is 15.3. The van der Waals surface area contributed by atoms with Gasteiger partial charge in [-0.15, -0.1) is 0 Å². The monoisotopic (exact) mass is 654 g/mol. The molecule has 0 radical (unpaired) electrons. The first kappa shape index (κ1) is 35.7. The molecule has 5 atom stereocenters. The van der Waals surface area contributed by atoms with Crippen LogP contribution < -0.4 is 4.46 Å². The summed E-state index contributed by atoms with van der Waals surface area (Å²) in [6.45, 7) is 25.1. The van der Waals surface area contributed by atoms with Gasteiger partial charge in [-0.05, 0) is 0 Å². The summed E-state index contributed by atoms with van der Waals surface area (Å²) < 4.78 is 15.1. The second-order valence-electron chi connectivity index (χ2n) is 14.6. The molecule has 0 amide bonds. The van der Waals surface area contributed by atoms with Crippen molar-refractivity contribution in [2.75, 3.05) is 6.61 Å². The molecule has 1 aliphatic rings. The van der Waals surface area contributed by atoms with Crippen LogP contribution in [0.2, 0.25) is 41.1 Å². The van der Waals surface area contributed by atoms with Crippen LogP contribution in [0.1, 0.15) is 80.6 Å². The Morgan fingerprint density at radius 1 is 1.00 bits per heavy atom. The Morgan fingerprint density at radius 3 is 2.12 bits per heavy atom. The Morgan fingerprint density at radius 2 is 1.60 bits per heavy atom. The Kier molecular flexibility index (Phi) is 13.2. The maximum absolute atomic E-state index is 13.7. The van der Waals surface area contributed by atoms with Gasteiger partial charge in [-0.3, -0.25) is 0 Å². The molecule has 1 aromatic carbocycles. The molecule has 0 heterocycles. The normalized spacial score (nSPS) is 22.7. The van der Waals surface area contributed by atoms with Crippen molar-refractivity contribution < 1.29 is 18.8 Å². The van der Waals surface area contributed by atoms with Gasteiger partial charge in [0.15, 0.2) is 0 Å². The van der Waals surface area contributed by atoms with Crippen LogP contribution in [-0.2, 0) is 13.6 Å². The van der Waals surface area contributed by atoms with Gasteiger partial charge >= 0.3 is 255 Å². The van der Waals surface area contributed by atoms with Crippen LogP contribution >= 0.6 is 0 Å². The van der Waals surface area contributed by atoms with Crippen LogP contribution in [-0.4, -0.2) is 61.3 Å². The van der Waals surface area contributed by atoms with Crippen LogP contribution in [0.4, 0.5) is 0 Å². The number of carbonyl (C=O) groups excluding carboxylic acids is 1. The summed E-state index contributed by atoms with van der Waals surface area (Å²) in [5.74, 6) is -0.0514. The molecule has 1 fully saturated rings. The van der Waals surface area contributed by atoms with Crippen LogP contribution in [0.25, 0.3) is 0 Å². The third-order valence-corrected chi connectivity index (χ3v) is 21.1. The Bertz CT molecular complexity index is 949. The van der Waals surface area contributed by atoms with E-state index in [1.807, 2.05) is 18.2 Å². The molecule has 7 heteroatoms. The minimum absolute atomic E-state index is 0.00748. The molecule has 1 aromatic rings. The summed E-state index contributed by atoms with van der Waals surface area (Å²) in [6, 6.07) is 10.3. The van der Waals surface area contributed by atoms with Crippen molar-refractivity contribution in [1.82, 2.24) is 0 Å². The van der Waals surface area contributed by atoms with E-state index in [1.54, 1.807) is 0 Å². The van der Waals surface area contributed by atoms with E-state index in [0.717, 1.165) is 12.8 Å². The number of hydrogen-bond donors (Lipinski definition) is 1. The predicted octanol–water partition coefficient (Wildman–Crippen LogP) is 7.92. The topological polar surface area (TPSA) is 55.8 Å². The second kappa shape index (κ2) is 14.8. The number of aliphatic hydroxyl groups is 1. The Hall–Kier alpha value is -0.537.